The Kier molecular flexibility index (Phi) is 3.59. The third kappa shape index (κ3) is 2.21. The molecule has 100 valence electrons. The van der Waals surface area contributed by atoms with Gasteiger partial charge in [-0.3, -0.25) is 14.6 Å². The van der Waals surface area contributed by atoms with E-state index >= 15 is 0 Å². The van der Waals surface area contributed by atoms with Crippen molar-refractivity contribution in [3.05, 3.63) is 29.1 Å². The number of methoxy groups -OCH3 is 2. The van der Waals surface area contributed by atoms with Crippen LogP contribution in [-0.4, -0.2) is 36.9 Å². The number of nitrogens with zero attached hydrogens (tertiary/aromatic N) is 1. The van der Waals surface area contributed by atoms with Gasteiger partial charge in [-0.1, -0.05) is 0 Å². The van der Waals surface area contributed by atoms with E-state index in [0.717, 1.165) is 0 Å². The first-order valence-corrected chi connectivity index (χ1v) is 5.77. The molecule has 6 heteroatoms. The highest BCUT2D eigenvalue weighted by Gasteiger charge is 2.35. The Morgan fingerprint density at radius 1 is 1.26 bits per heavy atom. The minimum Gasteiger partial charge on any atom is -0.469 e. The van der Waals surface area contributed by atoms with Gasteiger partial charge in [0.2, 0.25) is 0 Å². The molecular formula is C13H13NO5. The molecule has 0 radical (unpaired) electrons. The molecule has 1 aliphatic rings. The summed E-state index contributed by atoms with van der Waals surface area (Å²) in [6, 6.07) is 0. The van der Waals surface area contributed by atoms with Crippen LogP contribution in [0, 0.1) is 0 Å². The van der Waals surface area contributed by atoms with Crippen LogP contribution in [0.1, 0.15) is 45.0 Å². The maximum Gasteiger partial charge on any atom is 0.339 e. The van der Waals surface area contributed by atoms with Crippen LogP contribution in [-0.2, 0) is 14.3 Å². The van der Waals surface area contributed by atoms with Crippen LogP contribution in [0.3, 0.4) is 0 Å². The predicted molar refractivity (Wildman–Crippen MR) is 63.9 cm³/mol. The van der Waals surface area contributed by atoms with E-state index in [1.165, 1.54) is 26.6 Å². The highest BCUT2D eigenvalue weighted by molar-refractivity contribution is 6.05. The molecule has 0 spiro atoms. The summed E-state index contributed by atoms with van der Waals surface area (Å²) in [7, 11) is 2.51. The van der Waals surface area contributed by atoms with Gasteiger partial charge >= 0.3 is 11.9 Å². The van der Waals surface area contributed by atoms with Crippen molar-refractivity contribution in [2.45, 2.75) is 18.8 Å². The first-order chi connectivity index (χ1) is 9.10. The van der Waals surface area contributed by atoms with Crippen molar-refractivity contribution >= 4 is 17.7 Å². The average molecular weight is 263 g/mol. The number of ketones is 1. The number of carbonyl (C=O) groups excluding carboxylic acids is 3. The number of esters is 2. The Morgan fingerprint density at radius 2 is 2.00 bits per heavy atom. The Labute approximate surface area is 109 Å². The van der Waals surface area contributed by atoms with E-state index in [1.54, 1.807) is 0 Å². The van der Waals surface area contributed by atoms with E-state index in [9.17, 15) is 14.4 Å². The number of rotatable bonds is 2. The van der Waals surface area contributed by atoms with Crippen LogP contribution in [0.15, 0.2) is 12.4 Å². The third-order valence-corrected chi connectivity index (χ3v) is 3.19. The van der Waals surface area contributed by atoms with E-state index in [-0.39, 0.29) is 17.8 Å². The summed E-state index contributed by atoms with van der Waals surface area (Å²) in [5, 5.41) is 0. The maximum atomic E-state index is 11.9. The number of Topliss-reactive ketones (excluding diaryl/α,β-unsaturated/α-hetero) is 1. The highest BCUT2D eigenvalue weighted by Crippen LogP contribution is 2.34. The molecule has 0 amide bonds. The quantitative estimate of drug-likeness (QED) is 0.743. The number of aromatic nitrogens is 1. The summed E-state index contributed by atoms with van der Waals surface area (Å²) in [6.07, 6.45) is 3.24. The molecule has 0 bridgehead atoms. The smallest absolute Gasteiger partial charge is 0.339 e. The molecule has 19 heavy (non-hydrogen) atoms. The SMILES string of the molecule is COC(=O)c1cncc2c1C(C(=O)OC)CCC2=O. The summed E-state index contributed by atoms with van der Waals surface area (Å²) in [6.45, 7) is 0. The topological polar surface area (TPSA) is 82.6 Å². The monoisotopic (exact) mass is 263 g/mol. The van der Waals surface area contributed by atoms with E-state index in [4.69, 9.17) is 4.74 Å². The van der Waals surface area contributed by atoms with Gasteiger partial charge < -0.3 is 9.47 Å². The van der Waals surface area contributed by atoms with Crippen LogP contribution >= 0.6 is 0 Å². The van der Waals surface area contributed by atoms with Crippen LogP contribution in [0.5, 0.6) is 0 Å². The Balaban J connectivity index is 2.61. The number of hydrogen-bond donors (Lipinski definition) is 0. The molecular weight excluding hydrogens is 250 g/mol. The number of fused-ring (bicyclic) bond motifs is 1. The lowest BCUT2D eigenvalue weighted by Crippen LogP contribution is -2.26. The second-order valence-corrected chi connectivity index (χ2v) is 4.18. The van der Waals surface area contributed by atoms with Crippen LogP contribution in [0.25, 0.3) is 0 Å². The second-order valence-electron chi connectivity index (χ2n) is 4.18. The zero-order valence-corrected chi connectivity index (χ0v) is 10.6. The van der Waals surface area contributed by atoms with Crippen LogP contribution in [0.2, 0.25) is 0 Å². The fourth-order valence-corrected chi connectivity index (χ4v) is 2.27. The van der Waals surface area contributed by atoms with Gasteiger partial charge in [0.25, 0.3) is 0 Å². The lowest BCUT2D eigenvalue weighted by Gasteiger charge is -2.24. The molecule has 1 heterocycles. The molecule has 0 aromatic carbocycles. The molecule has 1 aromatic heterocycles. The van der Waals surface area contributed by atoms with Gasteiger partial charge in [-0.05, 0) is 12.0 Å². The molecule has 0 saturated heterocycles. The van der Waals surface area contributed by atoms with E-state index < -0.39 is 17.9 Å². The van der Waals surface area contributed by atoms with Gasteiger partial charge in [0.1, 0.15) is 0 Å². The lowest BCUT2D eigenvalue weighted by molar-refractivity contribution is -0.142. The Hall–Kier alpha value is -2.24. The third-order valence-electron chi connectivity index (χ3n) is 3.19. The molecule has 0 aliphatic heterocycles. The molecule has 0 N–H and O–H groups in total. The summed E-state index contributed by atoms with van der Waals surface area (Å²) < 4.78 is 9.38. The van der Waals surface area contributed by atoms with Gasteiger partial charge in [-0.25, -0.2) is 4.79 Å². The molecule has 1 atom stereocenters. The second kappa shape index (κ2) is 5.17. The molecule has 0 fully saturated rings. The predicted octanol–water partition coefficient (Wildman–Crippen LogP) is 1.10. The van der Waals surface area contributed by atoms with Crippen molar-refractivity contribution in [3.63, 3.8) is 0 Å². The van der Waals surface area contributed by atoms with Gasteiger partial charge in [-0.15, -0.1) is 0 Å². The summed E-state index contributed by atoms with van der Waals surface area (Å²) in [5.41, 5.74) is 0.804. The van der Waals surface area contributed by atoms with Gasteiger partial charge in [-0.2, -0.15) is 0 Å². The van der Waals surface area contributed by atoms with Crippen molar-refractivity contribution in [2.75, 3.05) is 14.2 Å². The standard InChI is InChI=1S/C13H13NO5/c1-18-12(16)7-3-4-10(15)8-5-14-6-9(11(7)8)13(17)19-2/h5-7H,3-4H2,1-2H3. The molecule has 6 nitrogen and oxygen atoms in total. The molecule has 2 rings (SSSR count). The van der Waals surface area contributed by atoms with Gasteiger partial charge in [0.05, 0.1) is 25.7 Å². The first kappa shape index (κ1) is 13.2. The number of hydrogen-bond acceptors (Lipinski definition) is 6. The molecule has 1 aromatic rings. The average Bonchev–Trinajstić information content (AvgIpc) is 2.45. The van der Waals surface area contributed by atoms with E-state index in [1.807, 2.05) is 0 Å². The minimum atomic E-state index is -0.630. The maximum absolute atomic E-state index is 11.9. The van der Waals surface area contributed by atoms with Gasteiger partial charge in [0.15, 0.2) is 5.78 Å². The van der Waals surface area contributed by atoms with E-state index in [0.29, 0.717) is 17.5 Å². The number of ether oxygens (including phenoxy) is 2. The summed E-state index contributed by atoms with van der Waals surface area (Å²) in [4.78, 5) is 39.2. The first-order valence-electron chi connectivity index (χ1n) is 5.77. The summed E-state index contributed by atoms with van der Waals surface area (Å²) in [5.74, 6) is -1.85. The van der Waals surface area contributed by atoms with Gasteiger partial charge in [0, 0.05) is 24.4 Å². The molecule has 1 aliphatic carbocycles. The zero-order chi connectivity index (χ0) is 14.0. The van der Waals surface area contributed by atoms with Crippen molar-refractivity contribution < 1.29 is 23.9 Å². The van der Waals surface area contributed by atoms with Crippen molar-refractivity contribution in [1.82, 2.24) is 4.98 Å². The fraction of sp³-hybridized carbons (Fsp3) is 0.385. The van der Waals surface area contributed by atoms with Crippen molar-refractivity contribution in [3.8, 4) is 0 Å². The highest BCUT2D eigenvalue weighted by atomic mass is 16.5. The number of carbonyl (C=O) groups is 3. The van der Waals surface area contributed by atoms with Crippen LogP contribution in [0.4, 0.5) is 0 Å². The molecule has 0 saturated carbocycles. The Bertz CT molecular complexity index is 552. The molecule has 1 unspecified atom stereocenters. The normalized spacial score (nSPS) is 17.6. The lowest BCUT2D eigenvalue weighted by atomic mass is 9.80. The minimum absolute atomic E-state index is 0.131. The zero-order valence-electron chi connectivity index (χ0n) is 10.6. The summed E-state index contributed by atoms with van der Waals surface area (Å²) >= 11 is 0. The number of pyridine rings is 1. The Morgan fingerprint density at radius 3 is 2.63 bits per heavy atom. The van der Waals surface area contributed by atoms with Crippen LogP contribution < -0.4 is 0 Å². The largest absolute Gasteiger partial charge is 0.469 e. The fourth-order valence-electron chi connectivity index (χ4n) is 2.27. The van der Waals surface area contributed by atoms with Crippen molar-refractivity contribution in [2.24, 2.45) is 0 Å². The van der Waals surface area contributed by atoms with Crippen molar-refractivity contribution in [1.29, 1.82) is 0 Å². The van der Waals surface area contributed by atoms with E-state index in [2.05, 4.69) is 9.72 Å².